The molecule has 0 bridgehead atoms. The van der Waals surface area contributed by atoms with Crippen molar-refractivity contribution in [2.24, 2.45) is 0 Å². The summed E-state index contributed by atoms with van der Waals surface area (Å²) in [7, 11) is 0. The van der Waals surface area contributed by atoms with Crippen LogP contribution >= 0.6 is 0 Å². The van der Waals surface area contributed by atoms with Gasteiger partial charge in [0.2, 0.25) is 0 Å². The molecular formula is C9H12W4. The average molecular weight is 856 g/mol. The van der Waals surface area contributed by atoms with E-state index in [1.54, 1.807) is 0 Å². The molecule has 0 fully saturated rings. The maximum Gasteiger partial charge on any atom is 2.00 e. The second-order valence-corrected chi connectivity index (χ2v) is 1.41. The van der Waals surface area contributed by atoms with Gasteiger partial charge in [-0.15, -0.1) is 0 Å². The van der Waals surface area contributed by atoms with E-state index in [0.717, 1.165) is 5.56 Å². The molecule has 1 aromatic carbocycles. The molecule has 0 radical (unpaired) electrons. The summed E-state index contributed by atoms with van der Waals surface area (Å²) in [4.78, 5) is 0. The Morgan fingerprint density at radius 1 is 0.923 bits per heavy atom. The van der Waals surface area contributed by atoms with Gasteiger partial charge in [-0.2, -0.15) is 42.8 Å². The van der Waals surface area contributed by atoms with E-state index in [0.29, 0.717) is 0 Å². The fraction of sp³-hybridized carbons (Fsp3) is 0. The average Bonchev–Trinajstić information content (AvgIpc) is 1.69. The molecule has 0 aliphatic rings. The Morgan fingerprint density at radius 3 is 1.38 bits per heavy atom. The van der Waals surface area contributed by atoms with Crippen LogP contribution in [0.2, 0.25) is 0 Å². The fourth-order valence-electron chi connectivity index (χ4n) is 0.421. The van der Waals surface area contributed by atoms with E-state index in [-0.39, 0.29) is 99.1 Å². The maximum atomic E-state index is 3.70. The Balaban J connectivity index is -0.0000000204. The van der Waals surface area contributed by atoms with E-state index in [2.05, 4.69) is 13.0 Å². The van der Waals surface area contributed by atoms with Crippen molar-refractivity contribution in [3.05, 3.63) is 57.7 Å². The molecule has 13 heavy (non-hydrogen) atoms. The van der Waals surface area contributed by atoms with Crippen molar-refractivity contribution in [3.63, 3.8) is 0 Å². The van der Waals surface area contributed by atoms with Crippen molar-refractivity contribution < 1.29 is 84.3 Å². The summed E-state index contributed by atoms with van der Waals surface area (Å²) in [5, 5.41) is 0. The molecule has 0 amide bonds. The molecule has 0 heterocycles. The van der Waals surface area contributed by atoms with Gasteiger partial charge in [0.05, 0.1) is 0 Å². The molecule has 0 aliphatic heterocycles. The van der Waals surface area contributed by atoms with Crippen molar-refractivity contribution in [2.45, 2.75) is 0 Å². The first kappa shape index (κ1) is 36.4. The molecule has 0 N–H and O–H groups in total. The summed E-state index contributed by atoms with van der Waals surface area (Å²) in [6.07, 6.45) is 0. The third-order valence-electron chi connectivity index (χ3n) is 0.787. The molecule has 0 atom stereocenters. The monoisotopic (exact) mass is 856 g/mol. The molecule has 4 heteroatoms. The topological polar surface area (TPSA) is 0 Å². The van der Waals surface area contributed by atoms with Crippen molar-refractivity contribution >= 4 is 0 Å². The van der Waals surface area contributed by atoms with Gasteiger partial charge in [-0.25, -0.2) is 0 Å². The number of rotatable bonds is 0. The Bertz CT molecular complexity index is 142. The molecule has 0 saturated carbocycles. The van der Waals surface area contributed by atoms with Crippen LogP contribution in [0.1, 0.15) is 5.56 Å². The van der Waals surface area contributed by atoms with Gasteiger partial charge in [0, 0.05) is 42.1 Å². The van der Waals surface area contributed by atoms with Crippen molar-refractivity contribution in [1.82, 2.24) is 0 Å². The molecule has 0 aromatic heterocycles. The zero-order chi connectivity index (χ0) is 5.11. The summed E-state index contributed by atoms with van der Waals surface area (Å²) < 4.78 is 0. The second kappa shape index (κ2) is 23.6. The Morgan fingerprint density at radius 2 is 1.23 bits per heavy atom. The third-order valence-corrected chi connectivity index (χ3v) is 0.787. The predicted octanol–water partition coefficient (Wildman–Crippen LogP) is 2.56. The van der Waals surface area contributed by atoms with Crippen molar-refractivity contribution in [2.75, 3.05) is 0 Å². The normalized spacial score (nSPS) is 4.62. The largest absolute Gasteiger partial charge is 2.00 e. The van der Waals surface area contributed by atoms with Gasteiger partial charge in [-0.3, -0.25) is 0 Å². The predicted molar refractivity (Wildman–Crippen MR) is 42.6 cm³/mol. The summed E-state index contributed by atoms with van der Waals surface area (Å²) in [5.41, 5.74) is 1.04. The van der Waals surface area contributed by atoms with Crippen LogP contribution in [0.5, 0.6) is 0 Å². The zero-order valence-corrected chi connectivity index (χ0v) is 19.4. The molecule has 72 valence electrons. The summed E-state index contributed by atoms with van der Waals surface area (Å²) in [6.45, 7) is 3.70. The number of hydrogen-bond acceptors (Lipinski definition) is 0. The van der Waals surface area contributed by atoms with E-state index < -0.39 is 0 Å². The van der Waals surface area contributed by atoms with Crippen LogP contribution in [0, 0.1) is 27.8 Å². The molecule has 1 rings (SSSR count). The van der Waals surface area contributed by atoms with Crippen LogP contribution < -0.4 is 0 Å². The minimum atomic E-state index is 0. The third kappa shape index (κ3) is 20.0. The molecule has 1 aromatic rings. The van der Waals surface area contributed by atoms with Gasteiger partial charge in [0.25, 0.3) is 0 Å². The Labute approximate surface area is 140 Å². The minimum Gasteiger partial charge on any atom is -0.358 e. The van der Waals surface area contributed by atoms with Crippen molar-refractivity contribution in [1.29, 1.82) is 0 Å². The van der Waals surface area contributed by atoms with Crippen molar-refractivity contribution in [3.8, 4) is 0 Å². The molecule has 0 nitrogen and oxygen atoms in total. The van der Waals surface area contributed by atoms with Crippen LogP contribution in [0.25, 0.3) is 0 Å². The fourth-order valence-corrected chi connectivity index (χ4v) is 0.421. The number of hydrogen-bond donors (Lipinski definition) is 0. The minimum absolute atomic E-state index is 0. The van der Waals surface area contributed by atoms with Crippen LogP contribution in [-0.4, -0.2) is 0 Å². The van der Waals surface area contributed by atoms with Crippen LogP contribution in [0.3, 0.4) is 0 Å². The molecule has 0 spiro atoms. The molecule has 0 unspecified atom stereocenters. The van der Waals surface area contributed by atoms with E-state index in [1.807, 2.05) is 24.3 Å². The smallest absolute Gasteiger partial charge is 0.358 e. The van der Waals surface area contributed by atoms with E-state index >= 15 is 0 Å². The first-order valence-corrected chi connectivity index (χ1v) is 2.17. The van der Waals surface area contributed by atoms with Gasteiger partial charge in [-0.05, 0) is 0 Å². The van der Waals surface area contributed by atoms with E-state index in [1.165, 1.54) is 0 Å². The Hall–Kier alpha value is 1.84. The van der Waals surface area contributed by atoms with Gasteiger partial charge in [0.1, 0.15) is 0 Å². The van der Waals surface area contributed by atoms with E-state index in [9.17, 15) is 0 Å². The van der Waals surface area contributed by atoms with Gasteiger partial charge in [0.15, 0.2) is 0 Å². The first-order chi connectivity index (χ1) is 3.39. The Kier molecular flexibility index (Phi) is 65.9. The molecular weight excluding hydrogens is 843 g/mol. The van der Waals surface area contributed by atoms with Gasteiger partial charge < -0.3 is 14.9 Å². The summed E-state index contributed by atoms with van der Waals surface area (Å²) in [5.74, 6) is 0. The molecule has 0 saturated heterocycles. The second-order valence-electron chi connectivity index (χ2n) is 1.41. The van der Waals surface area contributed by atoms with E-state index in [4.69, 9.17) is 0 Å². The quantitative estimate of drug-likeness (QED) is 0.353. The van der Waals surface area contributed by atoms with Crippen LogP contribution in [0.4, 0.5) is 0 Å². The number of benzene rings is 1. The van der Waals surface area contributed by atoms with Crippen LogP contribution in [0.15, 0.2) is 24.3 Å². The maximum absolute atomic E-state index is 3.70. The SMILES string of the molecule is [CH2-]c1cc[c-]cc1.[CH3-].[CH3-].[W+2].[W+2].[W].[W]. The standard InChI is InChI=1S/C7H6.2CH3.4W/c1-7-5-3-2-4-6-7;;;;;;/h3-6H,1H2;2*1H3;;;;/q-2;2*-1;;;2*+2. The zero-order valence-electron chi connectivity index (χ0n) is 7.65. The first-order valence-electron chi connectivity index (χ1n) is 2.17. The van der Waals surface area contributed by atoms with Crippen LogP contribution in [-0.2, 0) is 84.3 Å². The van der Waals surface area contributed by atoms with Gasteiger partial charge in [-0.1, -0.05) is 0 Å². The summed E-state index contributed by atoms with van der Waals surface area (Å²) >= 11 is 0. The summed E-state index contributed by atoms with van der Waals surface area (Å²) in [6, 6.07) is 10.4. The van der Waals surface area contributed by atoms with Gasteiger partial charge >= 0.3 is 42.1 Å². The molecule has 0 aliphatic carbocycles.